The van der Waals surface area contributed by atoms with Crippen LogP contribution < -0.4 is 4.74 Å². The first-order valence-electron chi connectivity index (χ1n) is 6.92. The Balaban J connectivity index is 1.97. The third kappa shape index (κ3) is 3.60. The SMILES string of the molecule is O=[N+]([O-])/C=C/c1c[nH]c2cc(Br)cc(OCc3ccccc3)c12. The minimum Gasteiger partial charge on any atom is -0.488 e. The van der Waals surface area contributed by atoms with Gasteiger partial charge in [0.1, 0.15) is 12.4 Å². The van der Waals surface area contributed by atoms with E-state index in [1.807, 2.05) is 42.5 Å². The minimum atomic E-state index is -0.484. The maximum Gasteiger partial charge on any atom is 0.235 e. The van der Waals surface area contributed by atoms with Crippen molar-refractivity contribution >= 4 is 32.9 Å². The van der Waals surface area contributed by atoms with Gasteiger partial charge in [0.25, 0.3) is 0 Å². The van der Waals surface area contributed by atoms with E-state index < -0.39 is 4.92 Å². The summed E-state index contributed by atoms with van der Waals surface area (Å²) in [5.41, 5.74) is 2.62. The van der Waals surface area contributed by atoms with Gasteiger partial charge >= 0.3 is 0 Å². The second-order valence-corrected chi connectivity index (χ2v) is 5.86. The van der Waals surface area contributed by atoms with Crippen LogP contribution in [0.4, 0.5) is 0 Å². The van der Waals surface area contributed by atoms with E-state index in [9.17, 15) is 10.1 Å². The Morgan fingerprint density at radius 2 is 2.04 bits per heavy atom. The standard InChI is InChI=1S/C17H13BrN2O3/c18-14-8-15-17(13(10-19-15)6-7-20(21)22)16(9-14)23-11-12-4-2-1-3-5-12/h1-10,19H,11H2/b7-6+. The second-order valence-electron chi connectivity index (χ2n) is 4.95. The highest BCUT2D eigenvalue weighted by Gasteiger charge is 2.11. The highest BCUT2D eigenvalue weighted by atomic mass is 79.9. The van der Waals surface area contributed by atoms with E-state index in [4.69, 9.17) is 4.74 Å². The maximum absolute atomic E-state index is 10.6. The van der Waals surface area contributed by atoms with Crippen LogP contribution in [0.2, 0.25) is 0 Å². The molecule has 0 saturated carbocycles. The van der Waals surface area contributed by atoms with E-state index >= 15 is 0 Å². The first kappa shape index (κ1) is 15.3. The number of halogens is 1. The zero-order chi connectivity index (χ0) is 16.2. The average molecular weight is 373 g/mol. The van der Waals surface area contributed by atoms with Gasteiger partial charge in [0.2, 0.25) is 6.20 Å². The van der Waals surface area contributed by atoms with Gasteiger partial charge in [0.05, 0.1) is 10.4 Å². The second kappa shape index (κ2) is 6.66. The number of hydrogen-bond donors (Lipinski definition) is 1. The van der Waals surface area contributed by atoms with Gasteiger partial charge in [0.15, 0.2) is 0 Å². The number of nitro groups is 1. The van der Waals surface area contributed by atoms with Crippen molar-refractivity contribution in [3.63, 3.8) is 0 Å². The van der Waals surface area contributed by atoms with Crippen molar-refractivity contribution < 1.29 is 9.66 Å². The van der Waals surface area contributed by atoms with Crippen LogP contribution in [0, 0.1) is 10.1 Å². The van der Waals surface area contributed by atoms with E-state index in [1.54, 1.807) is 6.20 Å². The number of rotatable bonds is 5. The zero-order valence-electron chi connectivity index (χ0n) is 12.0. The number of aromatic nitrogens is 1. The fourth-order valence-corrected chi connectivity index (χ4v) is 2.78. The van der Waals surface area contributed by atoms with Gasteiger partial charge < -0.3 is 9.72 Å². The fourth-order valence-electron chi connectivity index (χ4n) is 2.34. The molecule has 3 aromatic rings. The number of aromatic amines is 1. The Kier molecular flexibility index (Phi) is 4.43. The molecule has 23 heavy (non-hydrogen) atoms. The number of fused-ring (bicyclic) bond motifs is 1. The normalized spacial score (nSPS) is 11.2. The van der Waals surface area contributed by atoms with Crippen LogP contribution in [-0.2, 0) is 6.61 Å². The van der Waals surface area contributed by atoms with Crippen molar-refractivity contribution in [2.75, 3.05) is 0 Å². The molecule has 1 aromatic heterocycles. The lowest BCUT2D eigenvalue weighted by molar-refractivity contribution is -0.400. The van der Waals surface area contributed by atoms with Gasteiger partial charge in [-0.05, 0) is 17.7 Å². The first-order chi connectivity index (χ1) is 11.1. The van der Waals surface area contributed by atoms with Crippen LogP contribution >= 0.6 is 15.9 Å². The lowest BCUT2D eigenvalue weighted by Crippen LogP contribution is -1.96. The molecule has 0 saturated heterocycles. The van der Waals surface area contributed by atoms with Crippen LogP contribution in [0.15, 0.2) is 59.3 Å². The van der Waals surface area contributed by atoms with Crippen molar-refractivity contribution in [2.24, 2.45) is 0 Å². The van der Waals surface area contributed by atoms with Gasteiger partial charge in [-0.15, -0.1) is 0 Å². The Hall–Kier alpha value is -2.60. The predicted octanol–water partition coefficient (Wildman–Crippen LogP) is 4.76. The molecular formula is C17H13BrN2O3. The average Bonchev–Trinajstić information content (AvgIpc) is 2.94. The van der Waals surface area contributed by atoms with Crippen molar-refractivity contribution in [3.8, 4) is 5.75 Å². The predicted molar refractivity (Wildman–Crippen MR) is 92.8 cm³/mol. The molecule has 1 heterocycles. The molecule has 0 aliphatic heterocycles. The van der Waals surface area contributed by atoms with Gasteiger partial charge in [-0.2, -0.15) is 0 Å². The van der Waals surface area contributed by atoms with Crippen molar-refractivity contribution in [3.05, 3.63) is 80.6 Å². The molecule has 0 aliphatic rings. The topological polar surface area (TPSA) is 68.2 Å². The van der Waals surface area contributed by atoms with Crippen molar-refractivity contribution in [1.82, 2.24) is 4.98 Å². The summed E-state index contributed by atoms with van der Waals surface area (Å²) in [6.45, 7) is 0.427. The number of nitrogens with one attached hydrogen (secondary N) is 1. The van der Waals surface area contributed by atoms with Gasteiger partial charge in [0, 0.05) is 27.7 Å². The van der Waals surface area contributed by atoms with E-state index in [2.05, 4.69) is 20.9 Å². The number of H-pyrrole nitrogens is 1. The Bertz CT molecular complexity index is 872. The molecule has 0 radical (unpaired) electrons. The third-order valence-corrected chi connectivity index (χ3v) is 3.81. The summed E-state index contributed by atoms with van der Waals surface area (Å²) >= 11 is 3.45. The lowest BCUT2D eigenvalue weighted by Gasteiger charge is -2.09. The highest BCUT2D eigenvalue weighted by molar-refractivity contribution is 9.10. The quantitative estimate of drug-likeness (QED) is 0.518. The molecule has 0 spiro atoms. The van der Waals surface area contributed by atoms with E-state index in [0.717, 1.165) is 27.1 Å². The van der Waals surface area contributed by atoms with E-state index in [0.29, 0.717) is 17.9 Å². The Morgan fingerprint density at radius 3 is 2.78 bits per heavy atom. The zero-order valence-corrected chi connectivity index (χ0v) is 13.6. The molecule has 0 unspecified atom stereocenters. The molecule has 6 heteroatoms. The smallest absolute Gasteiger partial charge is 0.235 e. The van der Waals surface area contributed by atoms with Crippen LogP contribution in [0.3, 0.4) is 0 Å². The van der Waals surface area contributed by atoms with Crippen molar-refractivity contribution in [2.45, 2.75) is 6.61 Å². The van der Waals surface area contributed by atoms with Gasteiger partial charge in [-0.1, -0.05) is 46.3 Å². The molecule has 0 aliphatic carbocycles. The number of benzene rings is 2. The fraction of sp³-hybridized carbons (Fsp3) is 0.0588. The van der Waals surface area contributed by atoms with Crippen LogP contribution in [-0.4, -0.2) is 9.91 Å². The first-order valence-corrected chi connectivity index (χ1v) is 7.72. The lowest BCUT2D eigenvalue weighted by atomic mass is 10.1. The summed E-state index contributed by atoms with van der Waals surface area (Å²) in [7, 11) is 0. The molecule has 0 bridgehead atoms. The summed E-state index contributed by atoms with van der Waals surface area (Å²) in [5, 5.41) is 11.4. The monoisotopic (exact) mass is 372 g/mol. The molecule has 116 valence electrons. The molecule has 2 aromatic carbocycles. The molecule has 1 N–H and O–H groups in total. The largest absolute Gasteiger partial charge is 0.488 e. The van der Waals surface area contributed by atoms with Gasteiger partial charge in [-0.25, -0.2) is 0 Å². The number of hydrogen-bond acceptors (Lipinski definition) is 3. The molecule has 0 fully saturated rings. The minimum absolute atomic E-state index is 0.427. The number of nitrogens with zero attached hydrogens (tertiary/aromatic N) is 1. The summed E-state index contributed by atoms with van der Waals surface area (Å²) < 4.78 is 6.81. The Morgan fingerprint density at radius 1 is 1.26 bits per heavy atom. The summed E-state index contributed by atoms with van der Waals surface area (Å²) in [6.07, 6.45) is 4.11. The summed E-state index contributed by atoms with van der Waals surface area (Å²) in [5.74, 6) is 0.669. The molecule has 3 rings (SSSR count). The van der Waals surface area contributed by atoms with Crippen LogP contribution in [0.25, 0.3) is 17.0 Å². The summed E-state index contributed by atoms with van der Waals surface area (Å²) in [6, 6.07) is 13.6. The molecule has 0 atom stereocenters. The van der Waals surface area contributed by atoms with Crippen LogP contribution in [0.1, 0.15) is 11.1 Å². The van der Waals surface area contributed by atoms with Gasteiger partial charge in [-0.3, -0.25) is 10.1 Å². The maximum atomic E-state index is 10.6. The van der Waals surface area contributed by atoms with E-state index in [-0.39, 0.29) is 0 Å². The molecular weight excluding hydrogens is 360 g/mol. The highest BCUT2D eigenvalue weighted by Crippen LogP contribution is 2.33. The Labute approximate surface area is 140 Å². The molecule has 5 nitrogen and oxygen atoms in total. The van der Waals surface area contributed by atoms with E-state index in [1.165, 1.54) is 6.08 Å². The molecule has 0 amide bonds. The summed E-state index contributed by atoms with van der Waals surface area (Å²) in [4.78, 5) is 13.2. The number of ether oxygens (including phenoxy) is 1. The third-order valence-electron chi connectivity index (χ3n) is 3.35. The van der Waals surface area contributed by atoms with Crippen LogP contribution in [0.5, 0.6) is 5.75 Å². The van der Waals surface area contributed by atoms with Crippen molar-refractivity contribution in [1.29, 1.82) is 0 Å².